The summed E-state index contributed by atoms with van der Waals surface area (Å²) >= 11 is 13.1. The van der Waals surface area contributed by atoms with Gasteiger partial charge in [-0.15, -0.1) is 11.3 Å². The predicted octanol–water partition coefficient (Wildman–Crippen LogP) is 3.85. The van der Waals surface area contributed by atoms with E-state index in [0.717, 1.165) is 22.5 Å². The molecule has 2 aromatic carbocycles. The van der Waals surface area contributed by atoms with Crippen LogP contribution in [0.5, 0.6) is 0 Å². The maximum Gasteiger partial charge on any atom is 0.273 e. The molecule has 0 N–H and O–H groups in total. The van der Waals surface area contributed by atoms with Gasteiger partial charge in [0.25, 0.3) is 5.56 Å². The molecule has 1 heterocycles. The van der Waals surface area contributed by atoms with Gasteiger partial charge in [-0.2, -0.15) is 10.5 Å². The third-order valence-corrected chi connectivity index (χ3v) is 5.94. The number of thiazole rings is 1. The lowest BCUT2D eigenvalue weighted by Crippen LogP contribution is -2.31. The molecule has 0 fully saturated rings. The average Bonchev–Trinajstić information content (AvgIpc) is 2.97. The van der Waals surface area contributed by atoms with Crippen LogP contribution >= 0.6 is 34.5 Å². The molecule has 0 bridgehead atoms. The Morgan fingerprint density at radius 2 is 1.79 bits per heavy atom. The second-order valence-electron chi connectivity index (χ2n) is 6.12. The Morgan fingerprint density at radius 3 is 2.43 bits per heavy atom. The van der Waals surface area contributed by atoms with E-state index in [1.807, 2.05) is 44.2 Å². The molecule has 0 saturated heterocycles. The number of hydrogen-bond acceptors (Lipinski definition) is 4. The van der Waals surface area contributed by atoms with Gasteiger partial charge in [-0.05, 0) is 54.8 Å². The Bertz CT molecular complexity index is 1340. The highest BCUT2D eigenvalue weighted by Crippen LogP contribution is 2.22. The Hall–Kier alpha value is -2.83. The molecule has 0 aliphatic carbocycles. The fourth-order valence-electron chi connectivity index (χ4n) is 2.70. The summed E-state index contributed by atoms with van der Waals surface area (Å²) in [5.74, 6) is 0. The molecule has 0 amide bonds. The minimum absolute atomic E-state index is 0.114. The van der Waals surface area contributed by atoms with Gasteiger partial charge in [-0.3, -0.25) is 9.36 Å². The van der Waals surface area contributed by atoms with Crippen LogP contribution in [0.25, 0.3) is 17.3 Å². The van der Waals surface area contributed by atoms with Crippen molar-refractivity contribution in [2.75, 3.05) is 0 Å². The molecule has 0 unspecified atom stereocenters. The molecule has 4 nitrogen and oxygen atoms in total. The zero-order valence-electron chi connectivity index (χ0n) is 15.0. The molecule has 0 aliphatic rings. The van der Waals surface area contributed by atoms with Gasteiger partial charge in [0.1, 0.15) is 16.8 Å². The smallest absolute Gasteiger partial charge is 0.267 e. The van der Waals surface area contributed by atoms with Crippen molar-refractivity contribution in [2.45, 2.75) is 13.8 Å². The van der Waals surface area contributed by atoms with E-state index in [1.54, 1.807) is 24.3 Å². The summed E-state index contributed by atoms with van der Waals surface area (Å²) in [7, 11) is 0. The maximum atomic E-state index is 13.2. The van der Waals surface area contributed by atoms with Crippen LogP contribution in [0.15, 0.2) is 41.2 Å². The van der Waals surface area contributed by atoms with Gasteiger partial charge in [0.2, 0.25) is 0 Å². The van der Waals surface area contributed by atoms with Gasteiger partial charge in [-0.25, -0.2) is 0 Å². The third kappa shape index (κ3) is 3.74. The monoisotopic (exact) mass is 425 g/mol. The van der Waals surface area contributed by atoms with E-state index in [9.17, 15) is 15.3 Å². The summed E-state index contributed by atoms with van der Waals surface area (Å²) in [6, 6.07) is 14.5. The van der Waals surface area contributed by atoms with E-state index in [1.165, 1.54) is 4.57 Å². The number of nitrogens with zero attached hydrogens (tertiary/aromatic N) is 3. The van der Waals surface area contributed by atoms with Gasteiger partial charge in [-0.1, -0.05) is 41.4 Å². The van der Waals surface area contributed by atoms with Crippen molar-refractivity contribution in [1.82, 2.24) is 4.57 Å². The summed E-state index contributed by atoms with van der Waals surface area (Å²) in [5, 5.41) is 19.5. The van der Waals surface area contributed by atoms with Crippen LogP contribution in [0.1, 0.15) is 16.7 Å². The molecule has 0 atom stereocenters. The topological polar surface area (TPSA) is 69.6 Å². The van der Waals surface area contributed by atoms with E-state index in [2.05, 4.69) is 0 Å². The van der Waals surface area contributed by atoms with Gasteiger partial charge >= 0.3 is 0 Å². The standard InChI is InChI=1S/C21H13Cl2N3OS/c1-12-3-4-13(2)18(7-12)26-20(27)19(28-21(26)15(10-24)11-25)9-14-5-6-16(22)17(23)8-14/h3-9H,1-2H3. The molecule has 3 aromatic rings. The molecule has 0 saturated carbocycles. The van der Waals surface area contributed by atoms with Crippen LogP contribution in [0.3, 0.4) is 0 Å². The number of halogens is 2. The second-order valence-corrected chi connectivity index (χ2v) is 7.96. The maximum absolute atomic E-state index is 13.2. The molecule has 0 aliphatic heterocycles. The zero-order valence-corrected chi connectivity index (χ0v) is 17.3. The molecule has 3 rings (SSSR count). The number of aryl methyl sites for hydroxylation is 2. The van der Waals surface area contributed by atoms with E-state index >= 15 is 0 Å². The predicted molar refractivity (Wildman–Crippen MR) is 113 cm³/mol. The van der Waals surface area contributed by atoms with E-state index < -0.39 is 0 Å². The fourth-order valence-corrected chi connectivity index (χ4v) is 4.06. The summed E-state index contributed by atoms with van der Waals surface area (Å²) in [4.78, 5) is 13.2. The van der Waals surface area contributed by atoms with Crippen molar-refractivity contribution in [2.24, 2.45) is 0 Å². The fraction of sp³-hybridized carbons (Fsp3) is 0.0952. The van der Waals surface area contributed by atoms with Crippen molar-refractivity contribution in [3.8, 4) is 17.8 Å². The number of rotatable bonds is 2. The summed E-state index contributed by atoms with van der Waals surface area (Å²) in [6.45, 7) is 3.80. The normalized spacial score (nSPS) is 11.1. The highest BCUT2D eigenvalue weighted by molar-refractivity contribution is 7.07. The van der Waals surface area contributed by atoms with E-state index in [0.29, 0.717) is 30.5 Å². The van der Waals surface area contributed by atoms with Crippen LogP contribution < -0.4 is 14.8 Å². The molecular weight excluding hydrogens is 413 g/mol. The zero-order chi connectivity index (χ0) is 20.4. The Morgan fingerprint density at radius 1 is 1.07 bits per heavy atom. The Labute approximate surface area is 175 Å². The summed E-state index contributed by atoms with van der Waals surface area (Å²) < 4.78 is 2.12. The lowest BCUT2D eigenvalue weighted by Gasteiger charge is -2.07. The number of nitriles is 2. The average molecular weight is 426 g/mol. The summed E-state index contributed by atoms with van der Waals surface area (Å²) in [6.07, 6.45) is 1.67. The number of hydrogen-bond donors (Lipinski definition) is 0. The third-order valence-electron chi connectivity index (χ3n) is 4.11. The SMILES string of the molecule is Cc1ccc(C)c(-n2c(=C(C#N)C#N)sc(=Cc3ccc(Cl)c(Cl)c3)c2=O)c1. The molecule has 0 radical (unpaired) electrons. The molecule has 7 heteroatoms. The lowest BCUT2D eigenvalue weighted by molar-refractivity contribution is 0.972. The van der Waals surface area contributed by atoms with Crippen molar-refractivity contribution < 1.29 is 0 Å². The minimum Gasteiger partial charge on any atom is -0.267 e. The second kappa shape index (κ2) is 8.04. The first-order valence-corrected chi connectivity index (χ1v) is 9.73. The number of benzene rings is 2. The van der Waals surface area contributed by atoms with Gasteiger partial charge in [0.05, 0.1) is 20.3 Å². The highest BCUT2D eigenvalue weighted by Gasteiger charge is 2.13. The first kappa shape index (κ1) is 19.9. The van der Waals surface area contributed by atoms with E-state index in [-0.39, 0.29) is 11.1 Å². The first-order chi connectivity index (χ1) is 13.3. The van der Waals surface area contributed by atoms with Crippen LogP contribution in [-0.4, -0.2) is 4.57 Å². The minimum atomic E-state index is -0.303. The largest absolute Gasteiger partial charge is 0.273 e. The summed E-state index contributed by atoms with van der Waals surface area (Å²) in [5.41, 5.74) is 2.76. The van der Waals surface area contributed by atoms with Crippen LogP contribution in [0.2, 0.25) is 10.0 Å². The van der Waals surface area contributed by atoms with Crippen LogP contribution in [0.4, 0.5) is 0 Å². The first-order valence-electron chi connectivity index (χ1n) is 8.16. The molecule has 138 valence electrons. The van der Waals surface area contributed by atoms with Gasteiger partial charge in [0, 0.05) is 0 Å². The Kier molecular flexibility index (Phi) is 5.72. The van der Waals surface area contributed by atoms with Crippen molar-refractivity contribution >= 4 is 46.2 Å². The van der Waals surface area contributed by atoms with Gasteiger partial charge in [0.15, 0.2) is 5.57 Å². The molecule has 28 heavy (non-hydrogen) atoms. The van der Waals surface area contributed by atoms with Crippen LogP contribution in [0, 0.1) is 36.5 Å². The van der Waals surface area contributed by atoms with Gasteiger partial charge < -0.3 is 0 Å². The number of aromatic nitrogens is 1. The molecule has 0 spiro atoms. The van der Waals surface area contributed by atoms with Crippen molar-refractivity contribution in [3.63, 3.8) is 0 Å². The quantitative estimate of drug-likeness (QED) is 0.625. The van der Waals surface area contributed by atoms with Crippen LogP contribution in [-0.2, 0) is 0 Å². The van der Waals surface area contributed by atoms with Crippen molar-refractivity contribution in [1.29, 1.82) is 10.5 Å². The van der Waals surface area contributed by atoms with E-state index in [4.69, 9.17) is 23.2 Å². The molecular formula is C21H13Cl2N3OS. The highest BCUT2D eigenvalue weighted by atomic mass is 35.5. The Balaban J connectivity index is 2.43. The lowest BCUT2D eigenvalue weighted by atomic mass is 10.1. The molecule has 1 aromatic heterocycles. The van der Waals surface area contributed by atoms with Crippen molar-refractivity contribution in [3.05, 3.63) is 82.7 Å².